The highest BCUT2D eigenvalue weighted by Gasteiger charge is 2.12. The van der Waals surface area contributed by atoms with Crippen LogP contribution in [-0.4, -0.2) is 0 Å². The molecule has 0 saturated heterocycles. The summed E-state index contributed by atoms with van der Waals surface area (Å²) in [6, 6.07) is 43.1. The molecule has 45 heavy (non-hydrogen) atoms. The monoisotopic (exact) mass is 577 g/mol. The number of hydrogen-bond acceptors (Lipinski definition) is 3. The van der Waals surface area contributed by atoms with Gasteiger partial charge in [-0.3, -0.25) is 0 Å². The Morgan fingerprint density at radius 3 is 1.62 bits per heavy atom. The first-order chi connectivity index (χ1) is 22.0. The predicted molar refractivity (Wildman–Crippen MR) is 189 cm³/mol. The Hall–Kier alpha value is -6.16. The van der Waals surface area contributed by atoms with Crippen LogP contribution in [0.5, 0.6) is 0 Å². The molecule has 3 nitrogen and oxygen atoms in total. The summed E-state index contributed by atoms with van der Waals surface area (Å²) >= 11 is 0. The summed E-state index contributed by atoms with van der Waals surface area (Å²) in [5, 5.41) is 25.8. The van der Waals surface area contributed by atoms with Crippen LogP contribution in [0, 0.1) is 22.7 Å². The molecule has 0 aromatic heterocycles. The minimum Gasteiger partial charge on any atom is -0.398 e. The zero-order valence-corrected chi connectivity index (χ0v) is 25.1. The molecule has 0 heterocycles. The molecule has 2 N–H and O–H groups in total. The molecule has 6 aromatic rings. The van der Waals surface area contributed by atoms with Crippen LogP contribution in [-0.2, 0) is 6.42 Å². The second-order valence-electron chi connectivity index (χ2n) is 11.0. The van der Waals surface area contributed by atoms with Gasteiger partial charge in [-0.15, -0.1) is 0 Å². The maximum Gasteiger partial charge on any atom is 0.0988 e. The van der Waals surface area contributed by atoms with Gasteiger partial charge in [-0.2, -0.15) is 10.5 Å². The Labute approximate surface area is 263 Å². The maximum absolute atomic E-state index is 9.26. The summed E-state index contributed by atoms with van der Waals surface area (Å²) in [5.74, 6) is 0. The van der Waals surface area contributed by atoms with Crippen molar-refractivity contribution in [2.24, 2.45) is 5.73 Å². The second kappa shape index (κ2) is 12.6. The van der Waals surface area contributed by atoms with Gasteiger partial charge >= 0.3 is 0 Å². The van der Waals surface area contributed by atoms with E-state index in [-0.39, 0.29) is 0 Å². The van der Waals surface area contributed by atoms with E-state index in [9.17, 15) is 10.5 Å². The quantitative estimate of drug-likeness (QED) is 0.116. The van der Waals surface area contributed by atoms with Gasteiger partial charge in [0.05, 0.1) is 12.1 Å². The van der Waals surface area contributed by atoms with Gasteiger partial charge in [0.25, 0.3) is 0 Å². The zero-order chi connectivity index (χ0) is 31.3. The van der Waals surface area contributed by atoms with Gasteiger partial charge in [0.15, 0.2) is 0 Å². The Morgan fingerprint density at radius 2 is 1.13 bits per heavy atom. The third kappa shape index (κ3) is 5.76. The number of rotatable bonds is 7. The number of benzene rings is 6. The molecule has 0 unspecified atom stereocenters. The fourth-order valence-corrected chi connectivity index (χ4v) is 5.84. The molecule has 214 valence electrons. The van der Waals surface area contributed by atoms with Gasteiger partial charge in [0, 0.05) is 16.8 Å². The molecule has 6 rings (SSSR count). The van der Waals surface area contributed by atoms with Crippen LogP contribution in [0.25, 0.3) is 60.3 Å². The van der Waals surface area contributed by atoms with E-state index < -0.39 is 0 Å². The van der Waals surface area contributed by atoms with E-state index in [0.29, 0.717) is 23.3 Å². The molecule has 0 saturated carbocycles. The van der Waals surface area contributed by atoms with Crippen LogP contribution < -0.4 is 5.73 Å². The van der Waals surface area contributed by atoms with Gasteiger partial charge in [-0.05, 0) is 97.3 Å². The minimum atomic E-state index is 0.537. The first-order valence-electron chi connectivity index (χ1n) is 14.9. The highest BCUT2D eigenvalue weighted by molar-refractivity contribution is 6.26. The van der Waals surface area contributed by atoms with E-state index in [1.165, 1.54) is 32.3 Å². The van der Waals surface area contributed by atoms with E-state index in [1.54, 1.807) is 18.2 Å². The second-order valence-corrected chi connectivity index (χ2v) is 11.0. The van der Waals surface area contributed by atoms with Gasteiger partial charge in [0.2, 0.25) is 0 Å². The molecule has 3 heteroatoms. The Kier molecular flexibility index (Phi) is 8.10. The van der Waals surface area contributed by atoms with Crippen molar-refractivity contribution in [2.75, 3.05) is 0 Å². The van der Waals surface area contributed by atoms with Crippen molar-refractivity contribution in [1.82, 2.24) is 0 Å². The fourth-order valence-electron chi connectivity index (χ4n) is 5.84. The summed E-state index contributed by atoms with van der Waals surface area (Å²) in [4.78, 5) is 0. The molecule has 0 aliphatic heterocycles. The number of nitriles is 2. The van der Waals surface area contributed by atoms with Crippen molar-refractivity contribution in [3.05, 3.63) is 162 Å². The van der Waals surface area contributed by atoms with Crippen LogP contribution in [0.3, 0.4) is 0 Å². The number of fused-ring (bicyclic) bond motifs is 6. The Morgan fingerprint density at radius 1 is 0.644 bits per heavy atom. The molecule has 0 amide bonds. The molecule has 0 bridgehead atoms. The summed E-state index contributed by atoms with van der Waals surface area (Å²) in [6.07, 6.45) is 7.63. The lowest BCUT2D eigenvalue weighted by Gasteiger charge is -2.14. The lowest BCUT2D eigenvalue weighted by atomic mass is 9.90. The standard InChI is InChI=1S/C42H31N3/c1-3-28(26-43)9-10-30-11-13-31(14-12-30)34-19-21-38-36-7-5-6-8-37(36)39-22-20-35(25-41(39)40(38)24-34)32-15-17-33(18-16-32)42(45)23-29(4-2)27-44/h3-9,11-25H,1,10,45H2,2H3/b28-9+,29-4+,42-23-. The SMILES string of the molecule is C=C/C(C#N)=C\Cc1ccc(-c2ccc3c4ccccc4c4ccc(-c5ccc(/C(N)=C/C(C#N)=C\C)cc5)cc4c3c2)cc1. The average Bonchev–Trinajstić information content (AvgIpc) is 3.11. The van der Waals surface area contributed by atoms with E-state index in [2.05, 4.69) is 116 Å². The van der Waals surface area contributed by atoms with Crippen molar-refractivity contribution in [3.63, 3.8) is 0 Å². The summed E-state index contributed by atoms with van der Waals surface area (Å²) in [7, 11) is 0. The number of allylic oxidation sites excluding steroid dienone is 6. The Balaban J connectivity index is 1.44. The molecule has 0 fully saturated rings. The van der Waals surface area contributed by atoms with E-state index in [4.69, 9.17) is 5.73 Å². The van der Waals surface area contributed by atoms with Crippen molar-refractivity contribution in [3.8, 4) is 34.4 Å². The van der Waals surface area contributed by atoms with Crippen molar-refractivity contribution in [1.29, 1.82) is 10.5 Å². The molecule has 0 spiro atoms. The van der Waals surface area contributed by atoms with Crippen LogP contribution in [0.15, 0.2) is 151 Å². The first-order valence-corrected chi connectivity index (χ1v) is 14.9. The molecule has 0 radical (unpaired) electrons. The third-order valence-corrected chi connectivity index (χ3v) is 8.33. The predicted octanol–water partition coefficient (Wildman–Crippen LogP) is 10.4. The number of nitrogens with two attached hydrogens (primary N) is 1. The smallest absolute Gasteiger partial charge is 0.0988 e. The summed E-state index contributed by atoms with van der Waals surface area (Å²) in [6.45, 7) is 5.53. The van der Waals surface area contributed by atoms with E-state index in [0.717, 1.165) is 33.4 Å². The molecular weight excluding hydrogens is 546 g/mol. The number of nitrogens with zero attached hydrogens (tertiary/aromatic N) is 2. The van der Waals surface area contributed by atoms with Crippen LogP contribution >= 0.6 is 0 Å². The van der Waals surface area contributed by atoms with Gasteiger partial charge in [-0.1, -0.05) is 122 Å². The van der Waals surface area contributed by atoms with Crippen LogP contribution in [0.4, 0.5) is 0 Å². The van der Waals surface area contributed by atoms with E-state index >= 15 is 0 Å². The highest BCUT2D eigenvalue weighted by Crippen LogP contribution is 2.39. The summed E-state index contributed by atoms with van der Waals surface area (Å²) in [5.41, 5.74) is 14.5. The highest BCUT2D eigenvalue weighted by atomic mass is 14.6. The van der Waals surface area contributed by atoms with Crippen molar-refractivity contribution < 1.29 is 0 Å². The normalized spacial score (nSPS) is 12.3. The Bertz CT molecular complexity index is 2270. The minimum absolute atomic E-state index is 0.537. The lowest BCUT2D eigenvalue weighted by Crippen LogP contribution is -1.96. The first kappa shape index (κ1) is 28.9. The number of hydrogen-bond donors (Lipinski definition) is 1. The topological polar surface area (TPSA) is 73.6 Å². The van der Waals surface area contributed by atoms with Gasteiger partial charge in [-0.25, -0.2) is 0 Å². The lowest BCUT2D eigenvalue weighted by molar-refractivity contribution is 1.26. The molecule has 0 aliphatic rings. The van der Waals surface area contributed by atoms with Gasteiger partial charge < -0.3 is 5.73 Å². The fraction of sp³-hybridized carbons (Fsp3) is 0.0476. The van der Waals surface area contributed by atoms with Crippen molar-refractivity contribution in [2.45, 2.75) is 13.3 Å². The van der Waals surface area contributed by atoms with E-state index in [1.807, 2.05) is 25.1 Å². The molecular formula is C42H31N3. The molecule has 0 aliphatic carbocycles. The average molecular weight is 578 g/mol. The van der Waals surface area contributed by atoms with Crippen molar-refractivity contribution >= 4 is 38.0 Å². The van der Waals surface area contributed by atoms with Crippen LogP contribution in [0.1, 0.15) is 18.1 Å². The molecule has 6 aromatic carbocycles. The van der Waals surface area contributed by atoms with Crippen LogP contribution in [0.2, 0.25) is 0 Å². The molecule has 0 atom stereocenters. The third-order valence-electron chi connectivity index (χ3n) is 8.33. The maximum atomic E-state index is 9.26. The summed E-state index contributed by atoms with van der Waals surface area (Å²) < 4.78 is 0. The largest absolute Gasteiger partial charge is 0.398 e. The van der Waals surface area contributed by atoms with Gasteiger partial charge in [0.1, 0.15) is 0 Å². The zero-order valence-electron chi connectivity index (χ0n) is 25.1.